The first kappa shape index (κ1) is 11.2. The van der Waals surface area contributed by atoms with Gasteiger partial charge in [-0.05, 0) is 0 Å². The van der Waals surface area contributed by atoms with Crippen molar-refractivity contribution in [1.82, 2.24) is 0 Å². The number of carbonyl (C=O) groups excluding carboxylic acids is 1. The summed E-state index contributed by atoms with van der Waals surface area (Å²) in [6.07, 6.45) is 0.875. The van der Waals surface area contributed by atoms with Crippen molar-refractivity contribution in [1.29, 1.82) is 0 Å². The van der Waals surface area contributed by atoms with Gasteiger partial charge in [0.25, 0.3) is 0 Å². The molecule has 0 aliphatic carbocycles. The Balaban J connectivity index is 3.23. The molecule has 0 N–H and O–H groups in total. The molecule has 0 fully saturated rings. The van der Waals surface area contributed by atoms with E-state index in [4.69, 9.17) is 0 Å². The van der Waals surface area contributed by atoms with Gasteiger partial charge in [-0.25, -0.2) is 0 Å². The maximum atomic E-state index is 10.6. The Hall–Kier alpha value is 1.12. The van der Waals surface area contributed by atoms with Crippen LogP contribution in [-0.4, -0.2) is 17.8 Å². The van der Waals surface area contributed by atoms with E-state index in [-0.39, 0.29) is 0 Å². The fourth-order valence-corrected chi connectivity index (χ4v) is 8.48. The molecule has 0 radical (unpaired) electrons. The minimum atomic E-state index is -2.40. The Morgan fingerprint density at radius 2 is 1.75 bits per heavy atom. The molecule has 66 valence electrons. The van der Waals surface area contributed by atoms with Gasteiger partial charge >= 0.3 is 94.3 Å². The molecule has 1 aromatic rings. The summed E-state index contributed by atoms with van der Waals surface area (Å²) in [4.78, 5) is 10.6. The SMILES string of the molecule is O=Cc1ccccc1[Te](Br)(Br)Br. The van der Waals surface area contributed by atoms with E-state index in [0.29, 0.717) is 0 Å². The second-order valence-electron chi connectivity index (χ2n) is 2.06. The van der Waals surface area contributed by atoms with Crippen LogP contribution in [-0.2, 0) is 0 Å². The van der Waals surface area contributed by atoms with Crippen molar-refractivity contribution >= 4 is 59.7 Å². The summed E-state index contributed by atoms with van der Waals surface area (Å²) in [5, 5.41) is 0. The van der Waals surface area contributed by atoms with Gasteiger partial charge in [0, 0.05) is 0 Å². The van der Waals surface area contributed by atoms with Crippen LogP contribution in [0.25, 0.3) is 0 Å². The molecule has 0 amide bonds. The summed E-state index contributed by atoms with van der Waals surface area (Å²) in [6.45, 7) is 0. The first-order chi connectivity index (χ1) is 5.55. The number of hydrogen-bond donors (Lipinski definition) is 0. The Morgan fingerprint density at radius 3 is 2.17 bits per heavy atom. The van der Waals surface area contributed by atoms with E-state index in [0.717, 1.165) is 15.5 Å². The van der Waals surface area contributed by atoms with Gasteiger partial charge in [-0.1, -0.05) is 0 Å². The summed E-state index contributed by atoms with van der Waals surface area (Å²) in [5.74, 6) is 0. The molecule has 0 saturated heterocycles. The average molecular weight is 472 g/mol. The third kappa shape index (κ3) is 2.81. The fraction of sp³-hybridized carbons (Fsp3) is 0. The van der Waals surface area contributed by atoms with E-state index in [1.54, 1.807) is 0 Å². The Bertz CT molecular complexity index is 295. The second kappa shape index (κ2) is 4.56. The summed E-state index contributed by atoms with van der Waals surface area (Å²) < 4.78 is 1.05. The molecule has 5 heteroatoms. The molecule has 0 heterocycles. The predicted octanol–water partition coefficient (Wildman–Crippen LogP) is 2.83. The molecule has 12 heavy (non-hydrogen) atoms. The summed E-state index contributed by atoms with van der Waals surface area (Å²) in [6, 6.07) is 7.54. The Kier molecular flexibility index (Phi) is 4.26. The van der Waals surface area contributed by atoms with Crippen LogP contribution in [0.1, 0.15) is 10.4 Å². The van der Waals surface area contributed by atoms with Crippen LogP contribution in [0.4, 0.5) is 0 Å². The third-order valence-electron chi connectivity index (χ3n) is 1.30. The topological polar surface area (TPSA) is 17.1 Å². The number of rotatable bonds is 2. The van der Waals surface area contributed by atoms with E-state index in [1.807, 2.05) is 24.3 Å². The van der Waals surface area contributed by atoms with Crippen LogP contribution in [0.2, 0.25) is 0 Å². The van der Waals surface area contributed by atoms with Crippen LogP contribution in [0.3, 0.4) is 0 Å². The van der Waals surface area contributed by atoms with Crippen molar-refractivity contribution < 1.29 is 4.79 Å². The van der Waals surface area contributed by atoms with Gasteiger partial charge in [-0.15, -0.1) is 0 Å². The molecule has 1 nitrogen and oxygen atoms in total. The van der Waals surface area contributed by atoms with Crippen LogP contribution in [0.15, 0.2) is 24.3 Å². The monoisotopic (exact) mass is 472 g/mol. The summed E-state index contributed by atoms with van der Waals surface area (Å²) >= 11 is 8.23. The van der Waals surface area contributed by atoms with Gasteiger partial charge in [0.05, 0.1) is 0 Å². The van der Waals surface area contributed by atoms with E-state index >= 15 is 0 Å². The first-order valence-electron chi connectivity index (χ1n) is 3.02. The van der Waals surface area contributed by atoms with E-state index in [2.05, 4.69) is 38.3 Å². The van der Waals surface area contributed by atoms with Gasteiger partial charge < -0.3 is 0 Å². The average Bonchev–Trinajstić information content (AvgIpc) is 2.03. The van der Waals surface area contributed by atoms with Crippen molar-refractivity contribution in [3.05, 3.63) is 29.8 Å². The maximum absolute atomic E-state index is 10.6. The summed E-state index contributed by atoms with van der Waals surface area (Å²) in [7, 11) is 0. The number of hydrogen-bond acceptors (Lipinski definition) is 1. The van der Waals surface area contributed by atoms with Crippen molar-refractivity contribution in [2.45, 2.75) is 0 Å². The first-order valence-corrected chi connectivity index (χ1v) is 19.9. The van der Waals surface area contributed by atoms with Gasteiger partial charge in [-0.2, -0.15) is 0 Å². The molecular formula is C7H5Br3OTe. The molecule has 1 rings (SSSR count). The number of carbonyl (C=O) groups is 1. The molecule has 0 atom stereocenters. The van der Waals surface area contributed by atoms with Crippen LogP contribution >= 0.6 is 38.3 Å². The minimum absolute atomic E-state index is 0.740. The number of halogens is 3. The third-order valence-corrected chi connectivity index (χ3v) is 10.8. The number of benzene rings is 1. The molecule has 1 aromatic carbocycles. The van der Waals surface area contributed by atoms with Crippen molar-refractivity contribution in [2.75, 3.05) is 0 Å². The van der Waals surface area contributed by atoms with Crippen molar-refractivity contribution in [3.8, 4) is 0 Å². The fourth-order valence-electron chi connectivity index (χ4n) is 0.789. The van der Waals surface area contributed by atoms with E-state index in [1.165, 1.54) is 0 Å². The molecule has 0 unspecified atom stereocenters. The molecule has 0 spiro atoms. The van der Waals surface area contributed by atoms with Gasteiger partial charge in [0.1, 0.15) is 0 Å². The molecular weight excluding hydrogens is 467 g/mol. The van der Waals surface area contributed by atoms with E-state index in [9.17, 15) is 4.79 Å². The number of aldehydes is 1. The zero-order valence-electron chi connectivity index (χ0n) is 5.84. The predicted molar refractivity (Wildman–Crippen MR) is 64.0 cm³/mol. The van der Waals surface area contributed by atoms with Crippen LogP contribution < -0.4 is 3.61 Å². The van der Waals surface area contributed by atoms with Crippen molar-refractivity contribution in [3.63, 3.8) is 0 Å². The quantitative estimate of drug-likeness (QED) is 0.478. The normalized spacial score (nSPS) is 12.6. The Morgan fingerprint density at radius 1 is 1.17 bits per heavy atom. The zero-order valence-corrected chi connectivity index (χ0v) is 12.9. The van der Waals surface area contributed by atoms with Gasteiger partial charge in [0.2, 0.25) is 0 Å². The molecule has 0 aliphatic rings. The van der Waals surface area contributed by atoms with Gasteiger partial charge in [-0.3, -0.25) is 0 Å². The van der Waals surface area contributed by atoms with E-state index < -0.39 is 11.6 Å². The Labute approximate surface area is 93.1 Å². The summed E-state index contributed by atoms with van der Waals surface area (Å²) in [5.41, 5.74) is 0.740. The molecule has 0 aliphatic heterocycles. The standard InChI is InChI=1S/C7H5Br3OTe/c8-12(9,10)7-4-2-1-3-6(7)5-11/h1-5H. The molecule has 0 aromatic heterocycles. The van der Waals surface area contributed by atoms with Crippen LogP contribution in [0, 0.1) is 0 Å². The molecule has 0 saturated carbocycles. The second-order valence-corrected chi connectivity index (χ2v) is 42.7. The van der Waals surface area contributed by atoms with Crippen LogP contribution in [0.5, 0.6) is 0 Å². The van der Waals surface area contributed by atoms with Gasteiger partial charge in [0.15, 0.2) is 0 Å². The zero-order chi connectivity index (χ0) is 9.19. The van der Waals surface area contributed by atoms with Crippen molar-refractivity contribution in [2.24, 2.45) is 0 Å². The molecule has 0 bridgehead atoms.